The summed E-state index contributed by atoms with van der Waals surface area (Å²) in [6.45, 7) is 2.75. The van der Waals surface area contributed by atoms with Crippen molar-refractivity contribution in [2.45, 2.75) is 32.1 Å². The highest BCUT2D eigenvalue weighted by atomic mass is 32.1. The smallest absolute Gasteiger partial charge is 0.303 e. The van der Waals surface area contributed by atoms with Crippen molar-refractivity contribution in [2.75, 3.05) is 9.80 Å². The molecule has 0 spiro atoms. The number of hydrogen-bond acceptors (Lipinski definition) is 4. The maximum Gasteiger partial charge on any atom is 0.416 e. The van der Waals surface area contributed by atoms with E-state index in [4.69, 9.17) is 12.2 Å². The lowest BCUT2D eigenvalue weighted by atomic mass is 10.0. The summed E-state index contributed by atoms with van der Waals surface area (Å²) < 4.78 is 55.1. The average Bonchev–Trinajstić information content (AvgIpc) is 3.20. The zero-order valence-electron chi connectivity index (χ0n) is 20.0. The molecule has 2 heterocycles. The van der Waals surface area contributed by atoms with Crippen LogP contribution in [-0.4, -0.2) is 33.3 Å². The largest absolute Gasteiger partial charge is 0.416 e. The number of benzene rings is 3. The summed E-state index contributed by atoms with van der Waals surface area (Å²) in [5.74, 6) is -2.39. The summed E-state index contributed by atoms with van der Waals surface area (Å²) in [6, 6.07) is 14.5. The minimum atomic E-state index is -4.62. The van der Waals surface area contributed by atoms with Crippen molar-refractivity contribution in [1.29, 1.82) is 0 Å². The van der Waals surface area contributed by atoms with Crippen LogP contribution in [0, 0.1) is 5.82 Å². The predicted octanol–water partition coefficient (Wildman–Crippen LogP) is 5.56. The second-order valence-electron chi connectivity index (χ2n) is 9.38. The Morgan fingerprint density at radius 2 is 1.47 bits per heavy atom. The molecule has 1 fully saturated rings. The van der Waals surface area contributed by atoms with Crippen LogP contribution < -0.4 is 9.80 Å². The third-order valence-corrected chi connectivity index (χ3v) is 6.97. The summed E-state index contributed by atoms with van der Waals surface area (Å²) >= 11 is 5.48. The lowest BCUT2D eigenvalue weighted by molar-refractivity contribution is -0.137. The van der Waals surface area contributed by atoms with Gasteiger partial charge in [-0.15, -0.1) is 0 Å². The van der Waals surface area contributed by atoms with E-state index in [9.17, 15) is 27.6 Å². The summed E-state index contributed by atoms with van der Waals surface area (Å²) in [6.07, 6.45) is -4.62. The van der Waals surface area contributed by atoms with Crippen molar-refractivity contribution in [1.82, 2.24) is 4.90 Å². The molecule has 5 rings (SSSR count). The molecule has 6 nitrogen and oxygen atoms in total. The number of thiocarbonyl (C=S) groups is 1. The molecule has 0 saturated carbocycles. The first-order valence-electron chi connectivity index (χ1n) is 11.4. The molecule has 0 N–H and O–H groups in total. The second kappa shape index (κ2) is 8.73. The van der Waals surface area contributed by atoms with Crippen LogP contribution in [0.3, 0.4) is 0 Å². The number of hydrogen-bond donors (Lipinski definition) is 0. The van der Waals surface area contributed by atoms with Crippen molar-refractivity contribution in [3.05, 3.63) is 94.8 Å². The van der Waals surface area contributed by atoms with Gasteiger partial charge in [-0.25, -0.2) is 4.39 Å². The predicted molar refractivity (Wildman–Crippen MR) is 135 cm³/mol. The summed E-state index contributed by atoms with van der Waals surface area (Å²) in [4.78, 5) is 41.9. The van der Waals surface area contributed by atoms with Crippen LogP contribution in [0.25, 0.3) is 0 Å². The summed E-state index contributed by atoms with van der Waals surface area (Å²) in [5.41, 5.74) is -1.61. The third-order valence-electron chi connectivity index (χ3n) is 6.60. The lowest BCUT2D eigenvalue weighted by Gasteiger charge is -2.29. The molecule has 38 heavy (non-hydrogen) atoms. The number of halogens is 4. The van der Waals surface area contributed by atoms with E-state index in [1.165, 1.54) is 55.1 Å². The monoisotopic (exact) mass is 541 g/mol. The number of nitrogens with zero attached hydrogens (tertiary/aromatic N) is 3. The number of imide groups is 1. The fourth-order valence-electron chi connectivity index (χ4n) is 4.63. The Hall–Kier alpha value is -4.12. The zero-order chi connectivity index (χ0) is 27.6. The van der Waals surface area contributed by atoms with Crippen LogP contribution in [0.15, 0.2) is 66.7 Å². The Labute approximate surface area is 220 Å². The van der Waals surface area contributed by atoms with Gasteiger partial charge >= 0.3 is 6.18 Å². The van der Waals surface area contributed by atoms with Crippen molar-refractivity contribution in [3.8, 4) is 0 Å². The topological polar surface area (TPSA) is 60.9 Å². The van der Waals surface area contributed by atoms with Gasteiger partial charge in [-0.3, -0.25) is 24.2 Å². The van der Waals surface area contributed by atoms with Gasteiger partial charge in [-0.2, -0.15) is 13.2 Å². The third kappa shape index (κ3) is 3.94. The summed E-state index contributed by atoms with van der Waals surface area (Å²) in [5, 5.41) is -0.119. The highest BCUT2D eigenvalue weighted by Gasteiger charge is 2.50. The van der Waals surface area contributed by atoms with Crippen molar-refractivity contribution >= 4 is 46.4 Å². The van der Waals surface area contributed by atoms with Gasteiger partial charge in [-0.05, 0) is 68.5 Å². The second-order valence-corrected chi connectivity index (χ2v) is 9.75. The standard InChI is InChI=1S/C27H19F4N3O3S/c1-26(2)24(37)33(17-7-5-6-16(12-17)27(29,30)31)25(38)34(26)18-11-10-15(21(28)13-18)14-32-22(35)19-8-3-4-9-20(19)23(32)36/h3-13H,14H2,1-2H3. The molecular formula is C27H19F4N3O3S. The first kappa shape index (κ1) is 25.5. The van der Waals surface area contributed by atoms with Gasteiger partial charge in [-0.1, -0.05) is 24.3 Å². The van der Waals surface area contributed by atoms with E-state index >= 15 is 4.39 Å². The molecule has 3 aromatic carbocycles. The Morgan fingerprint density at radius 3 is 2.05 bits per heavy atom. The molecule has 1 saturated heterocycles. The quantitative estimate of drug-likeness (QED) is 0.246. The molecule has 3 aromatic rings. The molecule has 11 heteroatoms. The number of rotatable bonds is 4. The molecule has 0 aromatic heterocycles. The van der Waals surface area contributed by atoms with E-state index in [0.29, 0.717) is 0 Å². The zero-order valence-corrected chi connectivity index (χ0v) is 20.9. The van der Waals surface area contributed by atoms with E-state index in [1.54, 1.807) is 12.1 Å². The van der Waals surface area contributed by atoms with Gasteiger partial charge in [0.15, 0.2) is 5.11 Å². The fourth-order valence-corrected chi connectivity index (χ4v) is 5.16. The molecular weight excluding hydrogens is 522 g/mol. The van der Waals surface area contributed by atoms with E-state index in [-0.39, 0.29) is 39.7 Å². The minimum absolute atomic E-state index is 0.0619. The Balaban J connectivity index is 1.44. The van der Waals surface area contributed by atoms with Crippen molar-refractivity contribution in [3.63, 3.8) is 0 Å². The van der Waals surface area contributed by atoms with E-state index in [2.05, 4.69) is 0 Å². The molecule has 0 aliphatic carbocycles. The number of amides is 3. The molecule has 0 atom stereocenters. The van der Waals surface area contributed by atoms with Gasteiger partial charge in [0.05, 0.1) is 28.9 Å². The molecule has 194 valence electrons. The van der Waals surface area contributed by atoms with Crippen LogP contribution in [0.1, 0.15) is 45.7 Å². The van der Waals surface area contributed by atoms with Gasteiger partial charge in [0.1, 0.15) is 11.4 Å². The Bertz CT molecular complexity index is 1500. The first-order valence-corrected chi connectivity index (χ1v) is 11.8. The van der Waals surface area contributed by atoms with Gasteiger partial charge < -0.3 is 4.90 Å². The van der Waals surface area contributed by atoms with Crippen LogP contribution in [0.2, 0.25) is 0 Å². The minimum Gasteiger partial charge on any atom is -0.303 e. The number of alkyl halides is 3. The first-order chi connectivity index (χ1) is 17.8. The molecule has 3 amide bonds. The molecule has 0 unspecified atom stereocenters. The maximum atomic E-state index is 15.3. The summed E-state index contributed by atoms with van der Waals surface area (Å²) in [7, 11) is 0. The number of carbonyl (C=O) groups is 3. The lowest BCUT2D eigenvalue weighted by Crippen LogP contribution is -2.44. The normalized spacial score (nSPS) is 17.1. The molecule has 0 radical (unpaired) electrons. The molecule has 2 aliphatic heterocycles. The van der Waals surface area contributed by atoms with Crippen molar-refractivity contribution in [2.24, 2.45) is 0 Å². The number of fused-ring (bicyclic) bond motifs is 1. The van der Waals surface area contributed by atoms with E-state index in [0.717, 1.165) is 28.0 Å². The maximum absolute atomic E-state index is 15.3. The van der Waals surface area contributed by atoms with E-state index in [1.807, 2.05) is 0 Å². The van der Waals surface area contributed by atoms with Crippen LogP contribution >= 0.6 is 12.2 Å². The number of anilines is 2. The Morgan fingerprint density at radius 1 is 0.842 bits per heavy atom. The van der Waals surface area contributed by atoms with Crippen LogP contribution in [-0.2, 0) is 17.5 Å². The van der Waals surface area contributed by atoms with E-state index < -0.39 is 40.8 Å². The van der Waals surface area contributed by atoms with Crippen LogP contribution in [0.4, 0.5) is 28.9 Å². The van der Waals surface area contributed by atoms with Crippen molar-refractivity contribution < 1.29 is 31.9 Å². The highest BCUT2D eigenvalue weighted by Crippen LogP contribution is 2.39. The number of carbonyl (C=O) groups excluding carboxylic acids is 3. The molecule has 0 bridgehead atoms. The Kier molecular flexibility index (Phi) is 5.86. The van der Waals surface area contributed by atoms with Gasteiger partial charge in [0, 0.05) is 11.3 Å². The average molecular weight is 542 g/mol. The van der Waals surface area contributed by atoms with Gasteiger partial charge in [0.25, 0.3) is 17.7 Å². The van der Waals surface area contributed by atoms with Gasteiger partial charge in [0.2, 0.25) is 0 Å². The SMILES string of the molecule is CC1(C)C(=O)N(c2cccc(C(F)(F)F)c2)C(=S)N1c1ccc(CN2C(=O)c3ccccc3C2=O)c(F)c1. The highest BCUT2D eigenvalue weighted by molar-refractivity contribution is 7.81. The fraction of sp³-hybridized carbons (Fsp3) is 0.185. The molecule has 2 aliphatic rings. The van der Waals surface area contributed by atoms with Crippen LogP contribution in [0.5, 0.6) is 0 Å².